The standard InChI is InChI=1S/C19H24N2O/c1-14-8-9-21(18(10-14)13-20)19(22)12-15-6-7-16-4-2-3-5-17(16)11-15/h2-7,11,14,18H,8-10,12-13,20H2,1H3. The van der Waals surface area contributed by atoms with Crippen LogP contribution in [0.2, 0.25) is 0 Å². The molecule has 0 aromatic heterocycles. The summed E-state index contributed by atoms with van der Waals surface area (Å²) in [7, 11) is 0. The van der Waals surface area contributed by atoms with E-state index in [1.165, 1.54) is 10.8 Å². The monoisotopic (exact) mass is 296 g/mol. The maximum atomic E-state index is 12.6. The molecule has 3 heteroatoms. The van der Waals surface area contributed by atoms with E-state index < -0.39 is 0 Å². The van der Waals surface area contributed by atoms with Gasteiger partial charge in [-0.25, -0.2) is 0 Å². The van der Waals surface area contributed by atoms with Crippen LogP contribution < -0.4 is 5.73 Å². The van der Waals surface area contributed by atoms with Crippen LogP contribution in [0, 0.1) is 5.92 Å². The number of carbonyl (C=O) groups excluding carboxylic acids is 1. The van der Waals surface area contributed by atoms with Crippen LogP contribution >= 0.6 is 0 Å². The molecular weight excluding hydrogens is 272 g/mol. The van der Waals surface area contributed by atoms with Gasteiger partial charge < -0.3 is 10.6 Å². The molecular formula is C19H24N2O. The van der Waals surface area contributed by atoms with E-state index in [0.29, 0.717) is 18.9 Å². The van der Waals surface area contributed by atoms with Crippen LogP contribution in [-0.4, -0.2) is 29.9 Å². The number of amides is 1. The van der Waals surface area contributed by atoms with Gasteiger partial charge in [0.1, 0.15) is 0 Å². The van der Waals surface area contributed by atoms with Crippen molar-refractivity contribution in [1.29, 1.82) is 0 Å². The zero-order valence-electron chi connectivity index (χ0n) is 13.2. The molecule has 1 fully saturated rings. The van der Waals surface area contributed by atoms with E-state index in [0.717, 1.165) is 24.9 Å². The van der Waals surface area contributed by atoms with Gasteiger partial charge in [0.2, 0.25) is 5.91 Å². The number of nitrogens with zero attached hydrogens (tertiary/aromatic N) is 1. The maximum absolute atomic E-state index is 12.6. The van der Waals surface area contributed by atoms with E-state index in [2.05, 4.69) is 37.3 Å². The number of benzene rings is 2. The first-order valence-electron chi connectivity index (χ1n) is 8.14. The average Bonchev–Trinajstić information content (AvgIpc) is 2.54. The summed E-state index contributed by atoms with van der Waals surface area (Å²) in [4.78, 5) is 14.6. The smallest absolute Gasteiger partial charge is 0.227 e. The van der Waals surface area contributed by atoms with E-state index in [-0.39, 0.29) is 11.9 Å². The van der Waals surface area contributed by atoms with Gasteiger partial charge in [0.15, 0.2) is 0 Å². The summed E-state index contributed by atoms with van der Waals surface area (Å²) >= 11 is 0. The lowest BCUT2D eigenvalue weighted by atomic mass is 9.92. The first-order valence-corrected chi connectivity index (χ1v) is 8.14. The zero-order valence-corrected chi connectivity index (χ0v) is 13.2. The van der Waals surface area contributed by atoms with Gasteiger partial charge in [0.05, 0.1) is 6.42 Å². The minimum Gasteiger partial charge on any atom is -0.338 e. The van der Waals surface area contributed by atoms with Crippen LogP contribution in [0.5, 0.6) is 0 Å². The Balaban J connectivity index is 1.74. The second kappa shape index (κ2) is 6.49. The number of likely N-dealkylation sites (tertiary alicyclic amines) is 1. The molecule has 116 valence electrons. The highest BCUT2D eigenvalue weighted by atomic mass is 16.2. The Morgan fingerprint density at radius 1 is 1.23 bits per heavy atom. The molecule has 22 heavy (non-hydrogen) atoms. The summed E-state index contributed by atoms with van der Waals surface area (Å²) in [6, 6.07) is 14.7. The number of rotatable bonds is 3. The van der Waals surface area contributed by atoms with Gasteiger partial charge in [-0.15, -0.1) is 0 Å². The molecule has 2 unspecified atom stereocenters. The first-order chi connectivity index (χ1) is 10.7. The molecule has 1 aliphatic heterocycles. The van der Waals surface area contributed by atoms with Crippen molar-refractivity contribution in [2.45, 2.75) is 32.2 Å². The zero-order chi connectivity index (χ0) is 15.5. The normalized spacial score (nSPS) is 22.0. The van der Waals surface area contributed by atoms with E-state index in [4.69, 9.17) is 5.73 Å². The Hall–Kier alpha value is -1.87. The molecule has 0 aliphatic carbocycles. The lowest BCUT2D eigenvalue weighted by molar-refractivity contribution is -0.134. The molecule has 0 spiro atoms. The fourth-order valence-corrected chi connectivity index (χ4v) is 3.43. The Kier molecular flexibility index (Phi) is 4.44. The van der Waals surface area contributed by atoms with E-state index in [1.54, 1.807) is 0 Å². The molecule has 2 atom stereocenters. The van der Waals surface area contributed by atoms with E-state index in [1.807, 2.05) is 17.0 Å². The molecule has 1 aliphatic rings. The average molecular weight is 296 g/mol. The number of hydrogen-bond donors (Lipinski definition) is 1. The Labute approximate surface area is 132 Å². The largest absolute Gasteiger partial charge is 0.338 e. The summed E-state index contributed by atoms with van der Waals surface area (Å²) in [5.41, 5.74) is 6.95. The third-order valence-electron chi connectivity index (χ3n) is 4.74. The van der Waals surface area contributed by atoms with Crippen LogP contribution in [0.4, 0.5) is 0 Å². The lowest BCUT2D eigenvalue weighted by Gasteiger charge is -2.38. The summed E-state index contributed by atoms with van der Waals surface area (Å²) in [5.74, 6) is 0.871. The third kappa shape index (κ3) is 3.14. The van der Waals surface area contributed by atoms with Gasteiger partial charge in [0.25, 0.3) is 0 Å². The van der Waals surface area contributed by atoms with Crippen molar-refractivity contribution >= 4 is 16.7 Å². The maximum Gasteiger partial charge on any atom is 0.227 e. The van der Waals surface area contributed by atoms with E-state index >= 15 is 0 Å². The van der Waals surface area contributed by atoms with Crippen LogP contribution in [0.3, 0.4) is 0 Å². The summed E-state index contributed by atoms with van der Waals surface area (Å²) in [5, 5.41) is 2.40. The Morgan fingerprint density at radius 2 is 2.00 bits per heavy atom. The summed E-state index contributed by atoms with van der Waals surface area (Å²) in [6.45, 7) is 3.65. The number of hydrogen-bond acceptors (Lipinski definition) is 2. The molecule has 2 aromatic rings. The van der Waals surface area contributed by atoms with Crippen molar-refractivity contribution in [2.24, 2.45) is 11.7 Å². The predicted octanol–water partition coefficient (Wildman–Crippen LogP) is 2.97. The van der Waals surface area contributed by atoms with Crippen LogP contribution in [-0.2, 0) is 11.2 Å². The second-order valence-electron chi connectivity index (χ2n) is 6.46. The third-order valence-corrected chi connectivity index (χ3v) is 4.74. The highest BCUT2D eigenvalue weighted by Crippen LogP contribution is 2.23. The number of carbonyl (C=O) groups is 1. The number of piperidine rings is 1. The lowest BCUT2D eigenvalue weighted by Crippen LogP contribution is -2.49. The van der Waals surface area contributed by atoms with Crippen LogP contribution in [0.1, 0.15) is 25.3 Å². The molecule has 0 bridgehead atoms. The SMILES string of the molecule is CC1CCN(C(=O)Cc2ccc3ccccc3c2)C(CN)C1. The quantitative estimate of drug-likeness (QED) is 0.946. The van der Waals surface area contributed by atoms with Gasteiger partial charge in [-0.05, 0) is 35.1 Å². The second-order valence-corrected chi connectivity index (χ2v) is 6.46. The minimum atomic E-state index is 0.205. The van der Waals surface area contributed by atoms with Crippen LogP contribution in [0.15, 0.2) is 42.5 Å². The van der Waals surface area contributed by atoms with Crippen molar-refractivity contribution in [1.82, 2.24) is 4.90 Å². The van der Waals surface area contributed by atoms with Gasteiger partial charge in [0, 0.05) is 19.1 Å². The first kappa shape index (κ1) is 15.0. The molecule has 1 saturated heterocycles. The highest BCUT2D eigenvalue weighted by molar-refractivity contribution is 5.85. The van der Waals surface area contributed by atoms with Gasteiger partial charge in [-0.2, -0.15) is 0 Å². The summed E-state index contributed by atoms with van der Waals surface area (Å²) in [6.07, 6.45) is 2.58. The summed E-state index contributed by atoms with van der Waals surface area (Å²) < 4.78 is 0. The van der Waals surface area contributed by atoms with Crippen molar-refractivity contribution in [3.05, 3.63) is 48.0 Å². The molecule has 0 radical (unpaired) electrons. The molecule has 1 heterocycles. The fourth-order valence-electron chi connectivity index (χ4n) is 3.43. The van der Waals surface area contributed by atoms with Crippen molar-refractivity contribution in [3.8, 4) is 0 Å². The van der Waals surface area contributed by atoms with Gasteiger partial charge in [-0.1, -0.05) is 49.4 Å². The fraction of sp³-hybridized carbons (Fsp3) is 0.421. The molecule has 0 saturated carbocycles. The van der Waals surface area contributed by atoms with Crippen molar-refractivity contribution in [2.75, 3.05) is 13.1 Å². The minimum absolute atomic E-state index is 0.205. The number of fused-ring (bicyclic) bond motifs is 1. The molecule has 1 amide bonds. The van der Waals surface area contributed by atoms with Gasteiger partial charge in [-0.3, -0.25) is 4.79 Å². The molecule has 3 nitrogen and oxygen atoms in total. The highest BCUT2D eigenvalue weighted by Gasteiger charge is 2.28. The van der Waals surface area contributed by atoms with Gasteiger partial charge >= 0.3 is 0 Å². The number of nitrogens with two attached hydrogens (primary N) is 1. The molecule has 2 N–H and O–H groups in total. The predicted molar refractivity (Wildman–Crippen MR) is 90.6 cm³/mol. The van der Waals surface area contributed by atoms with Crippen molar-refractivity contribution < 1.29 is 4.79 Å². The van der Waals surface area contributed by atoms with Crippen LogP contribution in [0.25, 0.3) is 10.8 Å². The molecule has 2 aromatic carbocycles. The Bertz CT molecular complexity index is 667. The molecule has 3 rings (SSSR count). The Morgan fingerprint density at radius 3 is 2.77 bits per heavy atom. The van der Waals surface area contributed by atoms with Crippen molar-refractivity contribution in [3.63, 3.8) is 0 Å². The van der Waals surface area contributed by atoms with E-state index in [9.17, 15) is 4.79 Å². The topological polar surface area (TPSA) is 46.3 Å².